The molecule has 0 bridgehead atoms. The van der Waals surface area contributed by atoms with Gasteiger partial charge in [-0.3, -0.25) is 0 Å². The minimum Gasteiger partial charge on any atom is -0.375 e. The molecule has 18 heavy (non-hydrogen) atoms. The van der Waals surface area contributed by atoms with Crippen LogP contribution < -0.4 is 11.1 Å². The molecule has 1 saturated heterocycles. The number of nitrogens with zero attached hydrogens (tertiary/aromatic N) is 2. The number of nitrogen functional groups attached to an aromatic ring is 1. The highest BCUT2D eigenvalue weighted by Gasteiger charge is 2.34. The van der Waals surface area contributed by atoms with Crippen LogP contribution in [0.3, 0.4) is 0 Å². The van der Waals surface area contributed by atoms with Gasteiger partial charge in [0.15, 0.2) is 0 Å². The highest BCUT2D eigenvalue weighted by molar-refractivity contribution is 5.38. The number of nitrogens with two attached hydrogens (primary N) is 1. The molecule has 0 aromatic carbocycles. The Morgan fingerprint density at radius 2 is 2.28 bits per heavy atom. The number of hydrogen-bond donors (Lipinski definition) is 2. The van der Waals surface area contributed by atoms with Crippen molar-refractivity contribution < 1.29 is 4.74 Å². The summed E-state index contributed by atoms with van der Waals surface area (Å²) in [5.74, 6) is 1.11. The number of hydrogen-bond acceptors (Lipinski definition) is 5. The summed E-state index contributed by atoms with van der Waals surface area (Å²) in [6, 6.07) is 2.25. The first kappa shape index (κ1) is 13.1. The van der Waals surface area contributed by atoms with Gasteiger partial charge in [-0.25, -0.2) is 4.98 Å². The molecule has 5 heteroatoms. The summed E-state index contributed by atoms with van der Waals surface area (Å²) in [6.45, 7) is 5.18. The number of ether oxygens (including phenoxy) is 1. The summed E-state index contributed by atoms with van der Waals surface area (Å²) < 4.78 is 5.96. The molecule has 100 valence electrons. The highest BCUT2D eigenvalue weighted by atomic mass is 16.5. The molecule has 1 aliphatic heterocycles. The van der Waals surface area contributed by atoms with Gasteiger partial charge in [0.2, 0.25) is 5.95 Å². The minimum atomic E-state index is 0.0223. The highest BCUT2D eigenvalue weighted by Crippen LogP contribution is 2.32. The van der Waals surface area contributed by atoms with Crippen molar-refractivity contribution in [1.82, 2.24) is 9.97 Å². The Bertz CT molecular complexity index is 392. The van der Waals surface area contributed by atoms with Crippen molar-refractivity contribution in [1.29, 1.82) is 0 Å². The third kappa shape index (κ3) is 2.90. The minimum absolute atomic E-state index is 0.0223. The number of aromatic nitrogens is 2. The summed E-state index contributed by atoms with van der Waals surface area (Å²) in [4.78, 5) is 8.08. The van der Waals surface area contributed by atoms with Gasteiger partial charge in [-0.2, -0.15) is 4.98 Å². The Hall–Kier alpha value is -1.36. The fourth-order valence-electron chi connectivity index (χ4n) is 2.56. The first-order chi connectivity index (χ1) is 8.67. The summed E-state index contributed by atoms with van der Waals surface area (Å²) in [6.07, 6.45) is 5.80. The van der Waals surface area contributed by atoms with E-state index >= 15 is 0 Å². The Morgan fingerprint density at radius 1 is 1.50 bits per heavy atom. The van der Waals surface area contributed by atoms with Gasteiger partial charge in [-0.15, -0.1) is 0 Å². The quantitative estimate of drug-likeness (QED) is 0.857. The molecule has 5 nitrogen and oxygen atoms in total. The van der Waals surface area contributed by atoms with Crippen molar-refractivity contribution in [2.75, 3.05) is 17.7 Å². The molecule has 3 N–H and O–H groups in total. The topological polar surface area (TPSA) is 73.1 Å². The maximum Gasteiger partial charge on any atom is 0.221 e. The van der Waals surface area contributed by atoms with Crippen LogP contribution in [0.4, 0.5) is 11.8 Å². The van der Waals surface area contributed by atoms with Crippen LogP contribution in [0, 0.1) is 0 Å². The van der Waals surface area contributed by atoms with E-state index in [-0.39, 0.29) is 5.60 Å². The van der Waals surface area contributed by atoms with E-state index in [0.29, 0.717) is 12.0 Å². The van der Waals surface area contributed by atoms with Gasteiger partial charge in [-0.05, 0) is 31.7 Å². The Labute approximate surface area is 108 Å². The van der Waals surface area contributed by atoms with Crippen LogP contribution in [0.25, 0.3) is 0 Å². The summed E-state index contributed by atoms with van der Waals surface area (Å²) in [5.41, 5.74) is 5.60. The first-order valence-electron chi connectivity index (χ1n) is 6.66. The van der Waals surface area contributed by atoms with Crippen LogP contribution in [-0.2, 0) is 4.74 Å². The molecule has 0 saturated carbocycles. The number of anilines is 2. The van der Waals surface area contributed by atoms with Crippen LogP contribution >= 0.6 is 0 Å². The van der Waals surface area contributed by atoms with Gasteiger partial charge in [0.05, 0.1) is 5.60 Å². The monoisotopic (exact) mass is 250 g/mol. The third-order valence-electron chi connectivity index (χ3n) is 3.81. The van der Waals surface area contributed by atoms with E-state index in [4.69, 9.17) is 10.5 Å². The fraction of sp³-hybridized carbons (Fsp3) is 0.692. The average Bonchev–Trinajstić information content (AvgIpc) is 2.39. The van der Waals surface area contributed by atoms with Crippen LogP contribution in [0.5, 0.6) is 0 Å². The molecule has 2 rings (SSSR count). The lowest BCUT2D eigenvalue weighted by atomic mass is 9.86. The van der Waals surface area contributed by atoms with Crippen molar-refractivity contribution in [3.8, 4) is 0 Å². The van der Waals surface area contributed by atoms with Crippen molar-refractivity contribution >= 4 is 11.8 Å². The van der Waals surface area contributed by atoms with E-state index in [0.717, 1.165) is 38.1 Å². The molecule has 1 unspecified atom stereocenters. The van der Waals surface area contributed by atoms with Gasteiger partial charge in [0.25, 0.3) is 0 Å². The van der Waals surface area contributed by atoms with Crippen molar-refractivity contribution in [2.45, 2.75) is 51.2 Å². The van der Waals surface area contributed by atoms with Crippen LogP contribution in [0.15, 0.2) is 12.3 Å². The van der Waals surface area contributed by atoms with Gasteiger partial charge in [0.1, 0.15) is 5.82 Å². The lowest BCUT2D eigenvalue weighted by Gasteiger charge is -2.40. The molecule has 1 aromatic rings. The second kappa shape index (κ2) is 5.52. The summed E-state index contributed by atoms with van der Waals surface area (Å²) in [7, 11) is 0. The van der Waals surface area contributed by atoms with E-state index < -0.39 is 0 Å². The average molecular weight is 250 g/mol. The molecule has 1 atom stereocenters. The second-order valence-corrected chi connectivity index (χ2v) is 4.87. The van der Waals surface area contributed by atoms with E-state index in [1.165, 1.54) is 0 Å². The molecule has 1 aliphatic rings. The summed E-state index contributed by atoms with van der Waals surface area (Å²) in [5, 5.41) is 3.43. The van der Waals surface area contributed by atoms with Crippen molar-refractivity contribution in [2.24, 2.45) is 0 Å². The normalized spacial score (nSPS) is 22.7. The number of nitrogens with one attached hydrogen (secondary N) is 1. The standard InChI is InChI=1S/C13H22N4O/c1-3-13(4-2)9-10(6-8-18-13)16-11-5-7-15-12(14)17-11/h5,7,10H,3-4,6,8-9H2,1-2H3,(H3,14,15,16,17). The lowest BCUT2D eigenvalue weighted by molar-refractivity contribution is -0.0864. The lowest BCUT2D eigenvalue weighted by Crippen LogP contribution is -2.43. The number of rotatable bonds is 4. The zero-order valence-electron chi connectivity index (χ0n) is 11.1. The van der Waals surface area contributed by atoms with Crippen LogP contribution in [0.2, 0.25) is 0 Å². The fourth-order valence-corrected chi connectivity index (χ4v) is 2.56. The molecule has 0 amide bonds. The third-order valence-corrected chi connectivity index (χ3v) is 3.81. The summed E-state index contributed by atoms with van der Waals surface area (Å²) >= 11 is 0. The van der Waals surface area contributed by atoms with Gasteiger partial charge < -0.3 is 15.8 Å². The van der Waals surface area contributed by atoms with E-state index in [2.05, 4.69) is 29.1 Å². The molecule has 0 spiro atoms. The van der Waals surface area contributed by atoms with Crippen molar-refractivity contribution in [3.63, 3.8) is 0 Å². The molecule has 0 aliphatic carbocycles. The Morgan fingerprint density at radius 3 is 2.94 bits per heavy atom. The van der Waals surface area contributed by atoms with Crippen molar-refractivity contribution in [3.05, 3.63) is 12.3 Å². The molecule has 1 fully saturated rings. The zero-order valence-corrected chi connectivity index (χ0v) is 11.1. The van der Waals surface area contributed by atoms with Gasteiger partial charge in [0, 0.05) is 18.8 Å². The van der Waals surface area contributed by atoms with Gasteiger partial charge in [-0.1, -0.05) is 13.8 Å². The van der Waals surface area contributed by atoms with Crippen LogP contribution in [-0.4, -0.2) is 28.2 Å². The van der Waals surface area contributed by atoms with Crippen LogP contribution in [0.1, 0.15) is 39.5 Å². The maximum absolute atomic E-state index is 5.96. The SMILES string of the molecule is CCC1(CC)CC(Nc2ccnc(N)n2)CCO1. The predicted octanol–water partition coefficient (Wildman–Crippen LogP) is 2.21. The smallest absolute Gasteiger partial charge is 0.221 e. The first-order valence-corrected chi connectivity index (χ1v) is 6.66. The molecule has 2 heterocycles. The van der Waals surface area contributed by atoms with E-state index in [9.17, 15) is 0 Å². The zero-order chi connectivity index (χ0) is 13.0. The Kier molecular flexibility index (Phi) is 4.01. The predicted molar refractivity (Wildman–Crippen MR) is 72.4 cm³/mol. The Balaban J connectivity index is 2.01. The van der Waals surface area contributed by atoms with Gasteiger partial charge >= 0.3 is 0 Å². The molecular formula is C13H22N4O. The van der Waals surface area contributed by atoms with E-state index in [1.807, 2.05) is 6.07 Å². The molecule has 0 radical (unpaired) electrons. The van der Waals surface area contributed by atoms with E-state index in [1.54, 1.807) is 6.20 Å². The maximum atomic E-state index is 5.96. The largest absolute Gasteiger partial charge is 0.375 e. The second-order valence-electron chi connectivity index (χ2n) is 4.87. The molecular weight excluding hydrogens is 228 g/mol. The molecule has 1 aromatic heterocycles.